The fourth-order valence-electron chi connectivity index (χ4n) is 2.57. The van der Waals surface area contributed by atoms with E-state index in [0.29, 0.717) is 6.54 Å². The van der Waals surface area contributed by atoms with Crippen LogP contribution in [-0.4, -0.2) is 48.3 Å². The number of piperazine rings is 1. The Hall–Kier alpha value is -1.27. The van der Waals surface area contributed by atoms with E-state index >= 15 is 0 Å². The topological polar surface area (TPSA) is 26.7 Å². The van der Waals surface area contributed by atoms with Crippen molar-refractivity contribution in [2.45, 2.75) is 25.6 Å². The first kappa shape index (κ1) is 16.1. The van der Waals surface area contributed by atoms with Gasteiger partial charge in [0.05, 0.1) is 11.2 Å². The quantitative estimate of drug-likeness (QED) is 0.930. The predicted molar refractivity (Wildman–Crippen MR) is 76.4 cm³/mol. The summed E-state index contributed by atoms with van der Waals surface area (Å²) in [7, 11) is 0. The predicted octanol–water partition coefficient (Wildman–Crippen LogP) is 2.60. The molecule has 1 saturated heterocycles. The lowest BCUT2D eigenvalue weighted by molar-refractivity contribution is -0.137. The van der Waals surface area contributed by atoms with Crippen LogP contribution in [0.2, 0.25) is 0 Å². The van der Waals surface area contributed by atoms with E-state index < -0.39 is 17.3 Å². The molecule has 1 aromatic rings. The molecule has 0 bridgehead atoms. The highest BCUT2D eigenvalue weighted by atomic mass is 19.4. The van der Waals surface area contributed by atoms with Gasteiger partial charge in [0.1, 0.15) is 0 Å². The average Bonchev–Trinajstić information content (AvgIpc) is 2.37. The third kappa shape index (κ3) is 4.61. The van der Waals surface area contributed by atoms with Crippen molar-refractivity contribution < 1.29 is 18.3 Å². The van der Waals surface area contributed by atoms with Crippen molar-refractivity contribution in [3.8, 4) is 0 Å². The number of halogens is 3. The fourth-order valence-corrected chi connectivity index (χ4v) is 2.57. The largest absolute Gasteiger partial charge is 0.416 e. The Labute approximate surface area is 123 Å². The maximum atomic E-state index is 12.5. The third-order valence-electron chi connectivity index (χ3n) is 3.54. The fraction of sp³-hybridized carbons (Fsp3) is 0.600. The van der Waals surface area contributed by atoms with Crippen molar-refractivity contribution >= 4 is 5.69 Å². The minimum Gasteiger partial charge on any atom is -0.389 e. The van der Waals surface area contributed by atoms with Crippen LogP contribution in [0.4, 0.5) is 18.9 Å². The van der Waals surface area contributed by atoms with E-state index in [2.05, 4.69) is 9.80 Å². The van der Waals surface area contributed by atoms with Crippen LogP contribution >= 0.6 is 0 Å². The molecule has 1 heterocycles. The van der Waals surface area contributed by atoms with Gasteiger partial charge in [0.15, 0.2) is 0 Å². The lowest BCUT2D eigenvalue weighted by atomic mass is 10.1. The van der Waals surface area contributed by atoms with Crippen LogP contribution in [0.1, 0.15) is 19.4 Å². The van der Waals surface area contributed by atoms with Gasteiger partial charge in [-0.2, -0.15) is 13.2 Å². The van der Waals surface area contributed by atoms with E-state index in [1.807, 2.05) is 0 Å². The van der Waals surface area contributed by atoms with Crippen molar-refractivity contribution in [1.82, 2.24) is 4.90 Å². The van der Waals surface area contributed by atoms with Crippen LogP contribution in [0.3, 0.4) is 0 Å². The van der Waals surface area contributed by atoms with Crippen LogP contribution in [-0.2, 0) is 6.18 Å². The lowest BCUT2D eigenvalue weighted by Gasteiger charge is -2.38. The highest BCUT2D eigenvalue weighted by molar-refractivity contribution is 5.48. The summed E-state index contributed by atoms with van der Waals surface area (Å²) in [5.74, 6) is 0. The maximum absolute atomic E-state index is 12.5. The second kappa shape index (κ2) is 5.85. The van der Waals surface area contributed by atoms with Gasteiger partial charge in [0.2, 0.25) is 0 Å². The number of aliphatic hydroxyl groups is 1. The lowest BCUT2D eigenvalue weighted by Crippen LogP contribution is -2.50. The zero-order valence-corrected chi connectivity index (χ0v) is 12.3. The van der Waals surface area contributed by atoms with Gasteiger partial charge >= 0.3 is 6.18 Å². The van der Waals surface area contributed by atoms with Crippen LogP contribution in [0.25, 0.3) is 0 Å². The van der Waals surface area contributed by atoms with Gasteiger partial charge in [-0.1, -0.05) is 0 Å². The average molecular weight is 302 g/mol. The number of benzene rings is 1. The van der Waals surface area contributed by atoms with E-state index in [4.69, 9.17) is 0 Å². The molecule has 118 valence electrons. The number of alkyl halides is 3. The highest BCUT2D eigenvalue weighted by Gasteiger charge is 2.30. The van der Waals surface area contributed by atoms with Gasteiger partial charge < -0.3 is 10.0 Å². The summed E-state index contributed by atoms with van der Waals surface area (Å²) in [6, 6.07) is 5.29. The summed E-state index contributed by atoms with van der Waals surface area (Å²) in [6.07, 6.45) is -4.29. The second-order valence-corrected chi connectivity index (χ2v) is 6.12. The first-order valence-electron chi connectivity index (χ1n) is 7.02. The number of nitrogens with zero attached hydrogens (tertiary/aromatic N) is 2. The van der Waals surface area contributed by atoms with Gasteiger partial charge in [-0.25, -0.2) is 0 Å². The van der Waals surface area contributed by atoms with Crippen LogP contribution in [0.15, 0.2) is 24.3 Å². The summed E-state index contributed by atoms with van der Waals surface area (Å²) in [5, 5.41) is 9.80. The van der Waals surface area contributed by atoms with E-state index in [1.54, 1.807) is 13.8 Å². The highest BCUT2D eigenvalue weighted by Crippen LogP contribution is 2.30. The Kier molecular flexibility index (Phi) is 4.49. The molecule has 0 amide bonds. The minimum atomic E-state index is -4.29. The molecule has 1 aromatic carbocycles. The Morgan fingerprint density at radius 3 is 1.95 bits per heavy atom. The normalized spacial score (nSPS) is 18.1. The molecule has 0 aliphatic carbocycles. The zero-order valence-electron chi connectivity index (χ0n) is 12.3. The SMILES string of the molecule is CC(C)(O)CN1CCN(c2ccc(C(F)(F)F)cc2)CC1. The summed E-state index contributed by atoms with van der Waals surface area (Å²) in [6.45, 7) is 7.25. The monoisotopic (exact) mass is 302 g/mol. The van der Waals surface area contributed by atoms with E-state index in [-0.39, 0.29) is 0 Å². The molecule has 2 rings (SSSR count). The van der Waals surface area contributed by atoms with E-state index in [0.717, 1.165) is 44.0 Å². The van der Waals surface area contributed by atoms with Crippen molar-refractivity contribution in [3.63, 3.8) is 0 Å². The molecule has 0 aromatic heterocycles. The minimum absolute atomic E-state index is 0.605. The van der Waals surface area contributed by atoms with Crippen molar-refractivity contribution in [3.05, 3.63) is 29.8 Å². The number of anilines is 1. The number of β-amino-alcohol motifs (C(OH)–C–C–N with tert-alkyl or cyclic N) is 1. The summed E-state index contributed by atoms with van der Waals surface area (Å²) < 4.78 is 37.6. The molecular formula is C15H21F3N2O. The molecule has 21 heavy (non-hydrogen) atoms. The number of rotatable bonds is 3. The smallest absolute Gasteiger partial charge is 0.389 e. The molecule has 6 heteroatoms. The van der Waals surface area contributed by atoms with Gasteiger partial charge in [-0.3, -0.25) is 4.90 Å². The molecule has 3 nitrogen and oxygen atoms in total. The molecule has 1 aliphatic heterocycles. The van der Waals surface area contributed by atoms with Gasteiger partial charge in [0, 0.05) is 38.4 Å². The van der Waals surface area contributed by atoms with Crippen molar-refractivity contribution in [1.29, 1.82) is 0 Å². The van der Waals surface area contributed by atoms with Gasteiger partial charge in [0.25, 0.3) is 0 Å². The zero-order chi connectivity index (χ0) is 15.7. The van der Waals surface area contributed by atoms with Gasteiger partial charge in [-0.05, 0) is 38.1 Å². The maximum Gasteiger partial charge on any atom is 0.416 e. The molecule has 0 saturated carbocycles. The molecular weight excluding hydrogens is 281 g/mol. The Morgan fingerprint density at radius 1 is 1.00 bits per heavy atom. The van der Waals surface area contributed by atoms with Crippen LogP contribution in [0.5, 0.6) is 0 Å². The van der Waals surface area contributed by atoms with Crippen LogP contribution in [0, 0.1) is 0 Å². The first-order chi connectivity index (χ1) is 9.65. The molecule has 1 N–H and O–H groups in total. The Bertz CT molecular complexity index is 457. The summed E-state index contributed by atoms with van der Waals surface area (Å²) in [5.41, 5.74) is -0.533. The standard InChI is InChI=1S/C15H21F3N2O/c1-14(2,21)11-19-7-9-20(10-8-19)13-5-3-12(4-6-13)15(16,17)18/h3-6,21H,7-11H2,1-2H3. The van der Waals surface area contributed by atoms with Crippen molar-refractivity contribution in [2.24, 2.45) is 0 Å². The number of hydrogen-bond acceptors (Lipinski definition) is 3. The molecule has 0 unspecified atom stereocenters. The molecule has 1 aliphatic rings. The van der Waals surface area contributed by atoms with E-state index in [9.17, 15) is 18.3 Å². The molecule has 1 fully saturated rings. The first-order valence-corrected chi connectivity index (χ1v) is 7.02. The number of hydrogen-bond donors (Lipinski definition) is 1. The van der Waals surface area contributed by atoms with E-state index in [1.165, 1.54) is 12.1 Å². The molecule has 0 spiro atoms. The Balaban J connectivity index is 1.93. The van der Waals surface area contributed by atoms with Crippen LogP contribution < -0.4 is 4.90 Å². The van der Waals surface area contributed by atoms with Crippen molar-refractivity contribution in [2.75, 3.05) is 37.6 Å². The second-order valence-electron chi connectivity index (χ2n) is 6.12. The summed E-state index contributed by atoms with van der Waals surface area (Å²) >= 11 is 0. The van der Waals surface area contributed by atoms with Gasteiger partial charge in [-0.15, -0.1) is 0 Å². The summed E-state index contributed by atoms with van der Waals surface area (Å²) in [4.78, 5) is 4.24. The Morgan fingerprint density at radius 2 is 1.52 bits per heavy atom. The molecule has 0 atom stereocenters. The molecule has 0 radical (unpaired) electrons. The third-order valence-corrected chi connectivity index (χ3v) is 3.54.